The van der Waals surface area contributed by atoms with Crippen molar-refractivity contribution in [1.29, 1.82) is 0 Å². The van der Waals surface area contributed by atoms with Crippen LogP contribution in [0.3, 0.4) is 0 Å². The molecule has 0 atom stereocenters. The Morgan fingerprint density at radius 2 is 1.13 bits per heavy atom. The molecule has 0 saturated carbocycles. The van der Waals surface area contributed by atoms with Gasteiger partial charge in [0.05, 0.1) is 22.5 Å². The molecule has 4 rings (SSSR count). The van der Waals surface area contributed by atoms with Crippen molar-refractivity contribution in [1.82, 2.24) is 25.6 Å². The van der Waals surface area contributed by atoms with Crippen molar-refractivity contribution in [2.24, 2.45) is 0 Å². The summed E-state index contributed by atoms with van der Waals surface area (Å²) in [4.78, 5) is 40.3. The van der Waals surface area contributed by atoms with Gasteiger partial charge in [0, 0.05) is 46.5 Å². The van der Waals surface area contributed by atoms with Gasteiger partial charge in [-0.25, -0.2) is 4.98 Å². The van der Waals surface area contributed by atoms with E-state index < -0.39 is 0 Å². The monoisotopic (exact) mass is 783 g/mol. The van der Waals surface area contributed by atoms with Crippen LogP contribution in [0.1, 0.15) is 91.5 Å². The van der Waals surface area contributed by atoms with E-state index in [1.54, 1.807) is 18.5 Å². The number of rotatable bonds is 14. The number of hydrogen-bond acceptors (Lipinski definition) is 5. The summed E-state index contributed by atoms with van der Waals surface area (Å²) in [5.41, 5.74) is 3.49. The number of pyridine rings is 3. The fraction of sp³-hybridized carbons (Fsp3) is 0.324. The number of hydrogen-bond donors (Lipinski definition) is 2. The first kappa shape index (κ1) is 37.0. The van der Waals surface area contributed by atoms with Gasteiger partial charge in [0.15, 0.2) is 0 Å². The first-order valence-corrected chi connectivity index (χ1v) is 15.5. The average molecular weight is 784 g/mol. The van der Waals surface area contributed by atoms with Crippen molar-refractivity contribution in [3.05, 3.63) is 108 Å². The van der Waals surface area contributed by atoms with E-state index in [1.165, 1.54) is 0 Å². The third-order valence-corrected chi connectivity index (χ3v) is 6.88. The van der Waals surface area contributed by atoms with Gasteiger partial charge in [0.2, 0.25) is 0 Å². The van der Waals surface area contributed by atoms with E-state index in [2.05, 4.69) is 40.4 Å². The predicted octanol–water partition coefficient (Wildman–Crippen LogP) is 7.45. The Hall–Kier alpha value is -4.14. The number of nitrogens with zero attached hydrogens (tertiary/aromatic N) is 3. The van der Waals surface area contributed by atoms with Crippen molar-refractivity contribution in [3.63, 3.8) is 0 Å². The Morgan fingerprint density at radius 3 is 1.51 bits per heavy atom. The SMILES string of the molecule is CCCCCCNC(=O)c1cc(C(=O)NCCCCCC)c(-c2ccccn2)nc1-c1ccccn1.[C-]#Cc1ccccc1.[Pt]. The van der Waals surface area contributed by atoms with Crippen LogP contribution in [0.4, 0.5) is 0 Å². The molecule has 2 N–H and O–H groups in total. The molecule has 45 heavy (non-hydrogen) atoms. The van der Waals surface area contributed by atoms with Gasteiger partial charge < -0.3 is 17.1 Å². The number of aromatic nitrogens is 3. The van der Waals surface area contributed by atoms with Gasteiger partial charge >= 0.3 is 0 Å². The minimum Gasteiger partial charge on any atom is -0.366 e. The number of benzene rings is 1. The van der Waals surface area contributed by atoms with Crippen molar-refractivity contribution in [2.45, 2.75) is 65.2 Å². The minimum atomic E-state index is -0.260. The van der Waals surface area contributed by atoms with Gasteiger partial charge in [-0.2, -0.15) is 0 Å². The second kappa shape index (κ2) is 21.5. The number of carbonyl (C=O) groups is 2. The Balaban J connectivity index is 0.000000681. The number of amides is 2. The molecule has 0 aliphatic heterocycles. The van der Waals surface area contributed by atoms with Gasteiger partial charge in [0.1, 0.15) is 11.4 Å². The van der Waals surface area contributed by atoms with Crippen LogP contribution in [0.5, 0.6) is 0 Å². The summed E-state index contributed by atoms with van der Waals surface area (Å²) in [5, 5.41) is 6.01. The van der Waals surface area contributed by atoms with E-state index in [0.717, 1.165) is 56.9 Å². The quantitative estimate of drug-likeness (QED) is 0.0788. The normalized spacial score (nSPS) is 9.98. The van der Waals surface area contributed by atoms with Crippen LogP contribution in [-0.2, 0) is 21.1 Å². The topological polar surface area (TPSA) is 96.9 Å². The average Bonchev–Trinajstić information content (AvgIpc) is 3.08. The third-order valence-electron chi connectivity index (χ3n) is 6.88. The molecule has 0 fully saturated rings. The molecule has 3 aromatic heterocycles. The van der Waals surface area contributed by atoms with Crippen molar-refractivity contribution in [2.75, 3.05) is 13.1 Å². The van der Waals surface area contributed by atoms with E-state index in [9.17, 15) is 9.59 Å². The maximum absolute atomic E-state index is 13.3. The van der Waals surface area contributed by atoms with Crippen LogP contribution < -0.4 is 10.6 Å². The molecule has 4 aromatic rings. The Morgan fingerprint density at radius 1 is 0.667 bits per heavy atom. The molecule has 0 aliphatic carbocycles. The molecule has 0 spiro atoms. The molecule has 0 unspecified atom stereocenters. The molecule has 0 bridgehead atoms. The van der Waals surface area contributed by atoms with Crippen LogP contribution in [0.2, 0.25) is 0 Å². The van der Waals surface area contributed by atoms with E-state index in [4.69, 9.17) is 11.4 Å². The van der Waals surface area contributed by atoms with E-state index in [1.807, 2.05) is 66.7 Å². The van der Waals surface area contributed by atoms with Crippen LogP contribution in [-0.4, -0.2) is 39.9 Å². The maximum atomic E-state index is 13.3. The molecule has 7 nitrogen and oxygen atoms in total. The summed E-state index contributed by atoms with van der Waals surface area (Å²) in [6.45, 7) is 5.45. The molecular formula is C37H42N5O2Pt-. The second-order valence-corrected chi connectivity index (χ2v) is 10.3. The molecule has 0 aliphatic rings. The minimum absolute atomic E-state index is 0. The van der Waals surface area contributed by atoms with Crippen molar-refractivity contribution >= 4 is 11.8 Å². The summed E-state index contributed by atoms with van der Waals surface area (Å²) in [6, 6.07) is 22.0. The first-order valence-electron chi connectivity index (χ1n) is 15.5. The number of unbranched alkanes of at least 4 members (excludes halogenated alkanes) is 6. The third kappa shape index (κ3) is 12.4. The summed E-state index contributed by atoms with van der Waals surface area (Å²) in [7, 11) is 0. The summed E-state index contributed by atoms with van der Waals surface area (Å²) in [5.74, 6) is 1.76. The van der Waals surface area contributed by atoms with Gasteiger partial charge in [-0.3, -0.25) is 25.5 Å². The van der Waals surface area contributed by atoms with Gasteiger partial charge in [0.25, 0.3) is 11.8 Å². The van der Waals surface area contributed by atoms with Gasteiger partial charge in [-0.1, -0.05) is 82.7 Å². The Kier molecular flexibility index (Phi) is 17.7. The molecule has 238 valence electrons. The molecule has 0 radical (unpaired) electrons. The van der Waals surface area contributed by atoms with Crippen LogP contribution >= 0.6 is 0 Å². The van der Waals surface area contributed by atoms with Crippen LogP contribution in [0.15, 0.2) is 85.2 Å². The predicted molar refractivity (Wildman–Crippen MR) is 176 cm³/mol. The Labute approximate surface area is 282 Å². The van der Waals surface area contributed by atoms with E-state index >= 15 is 0 Å². The Bertz CT molecular complexity index is 1390. The van der Waals surface area contributed by atoms with Gasteiger partial charge in [-0.15, -0.1) is 17.7 Å². The number of carbonyl (C=O) groups excluding carboxylic acids is 2. The second-order valence-electron chi connectivity index (χ2n) is 10.3. The van der Waals surface area contributed by atoms with Crippen LogP contribution in [0, 0.1) is 12.3 Å². The first-order chi connectivity index (χ1) is 21.6. The van der Waals surface area contributed by atoms with Crippen molar-refractivity contribution in [3.8, 4) is 28.7 Å². The van der Waals surface area contributed by atoms with E-state index in [-0.39, 0.29) is 32.9 Å². The van der Waals surface area contributed by atoms with Crippen molar-refractivity contribution < 1.29 is 30.7 Å². The zero-order valence-corrected chi connectivity index (χ0v) is 28.4. The maximum Gasteiger partial charge on any atom is 0.253 e. The molecule has 8 heteroatoms. The standard InChI is InChI=1S/C29H37N5O2.C8H5.Pt/c1-3-5-7-11-19-32-28(35)22-21-23(29(36)33-20-12-8-6-4-2)27(25-16-10-14-18-31-25)34-26(22)24-15-9-13-17-30-24;1-2-8-6-4-3-5-7-8;/h9-10,13-18,21H,3-8,11-12,19-20H2,1-2H3,(H,32,35)(H,33,36);3-7H;/q;-1;. The smallest absolute Gasteiger partial charge is 0.253 e. The zero-order valence-electron chi connectivity index (χ0n) is 26.1. The summed E-state index contributed by atoms with van der Waals surface area (Å²) >= 11 is 0. The summed E-state index contributed by atoms with van der Waals surface area (Å²) in [6.07, 6.45) is 18.5. The molecule has 2 amide bonds. The van der Waals surface area contributed by atoms with Gasteiger partial charge in [-0.05, 0) is 43.2 Å². The molecular weight excluding hydrogens is 742 g/mol. The van der Waals surface area contributed by atoms with E-state index in [0.29, 0.717) is 47.0 Å². The molecule has 0 saturated heterocycles. The summed E-state index contributed by atoms with van der Waals surface area (Å²) < 4.78 is 0. The fourth-order valence-electron chi connectivity index (χ4n) is 4.47. The zero-order chi connectivity index (χ0) is 31.4. The largest absolute Gasteiger partial charge is 0.366 e. The number of nitrogens with one attached hydrogen (secondary N) is 2. The molecule has 3 heterocycles. The molecule has 1 aromatic carbocycles. The van der Waals surface area contributed by atoms with Crippen LogP contribution in [0.25, 0.3) is 22.8 Å². The fourth-order valence-corrected chi connectivity index (χ4v) is 4.47.